The smallest absolute Gasteiger partial charge is 0.344 e. The van der Waals surface area contributed by atoms with Gasteiger partial charge in [-0.1, -0.05) is 0 Å². The number of benzene rings is 2. The predicted octanol–water partition coefficient (Wildman–Crippen LogP) is 2.68. The molecule has 0 saturated heterocycles. The molecule has 0 bridgehead atoms. The van der Waals surface area contributed by atoms with Crippen molar-refractivity contribution in [3.05, 3.63) is 34.7 Å². The van der Waals surface area contributed by atoms with Crippen LogP contribution in [-0.2, 0) is 0 Å². The normalized spacial score (nSPS) is 10.9. The first kappa shape index (κ1) is 14.1. The zero-order valence-corrected chi connectivity index (χ0v) is 12.3. The maximum absolute atomic E-state index is 12.3. The molecule has 3 aromatic rings. The van der Waals surface area contributed by atoms with Crippen molar-refractivity contribution in [2.75, 3.05) is 21.3 Å². The van der Waals surface area contributed by atoms with Gasteiger partial charge in [-0.15, -0.1) is 0 Å². The van der Waals surface area contributed by atoms with E-state index in [2.05, 4.69) is 0 Å². The van der Waals surface area contributed by atoms with Crippen molar-refractivity contribution in [3.63, 3.8) is 0 Å². The number of phenols is 1. The lowest BCUT2D eigenvalue weighted by molar-refractivity contribution is 0.369. The Morgan fingerprint density at radius 2 is 1.77 bits per heavy atom. The number of ether oxygens (including phenoxy) is 3. The molecule has 3 rings (SSSR count). The molecule has 6 nitrogen and oxygen atoms in total. The molecule has 114 valence electrons. The number of rotatable bonds is 3. The highest BCUT2D eigenvalue weighted by molar-refractivity contribution is 6.10. The maximum Gasteiger partial charge on any atom is 0.344 e. The number of aromatic hydroxyl groups is 1. The first-order chi connectivity index (χ1) is 10.6. The molecule has 1 N–H and O–H groups in total. The van der Waals surface area contributed by atoms with E-state index in [4.69, 9.17) is 18.6 Å². The molecule has 0 aliphatic rings. The van der Waals surface area contributed by atoms with Crippen molar-refractivity contribution < 1.29 is 23.7 Å². The van der Waals surface area contributed by atoms with Gasteiger partial charge in [-0.2, -0.15) is 0 Å². The van der Waals surface area contributed by atoms with Crippen LogP contribution >= 0.6 is 0 Å². The van der Waals surface area contributed by atoms with Gasteiger partial charge >= 0.3 is 5.63 Å². The average molecular weight is 302 g/mol. The molecule has 0 radical (unpaired) electrons. The summed E-state index contributed by atoms with van der Waals surface area (Å²) in [6, 6.07) is 6.39. The third kappa shape index (κ3) is 1.92. The molecule has 0 fully saturated rings. The van der Waals surface area contributed by atoms with Gasteiger partial charge in [0.25, 0.3) is 0 Å². The van der Waals surface area contributed by atoms with Crippen LogP contribution in [0.5, 0.6) is 23.0 Å². The van der Waals surface area contributed by atoms with Crippen molar-refractivity contribution >= 4 is 21.7 Å². The minimum atomic E-state index is -0.566. The quantitative estimate of drug-likeness (QED) is 0.592. The zero-order valence-electron chi connectivity index (χ0n) is 12.3. The Kier molecular flexibility index (Phi) is 3.29. The molecular formula is C16H14O6. The minimum absolute atomic E-state index is 0.106. The van der Waals surface area contributed by atoms with E-state index in [0.717, 1.165) is 0 Å². The minimum Gasteiger partial charge on any atom is -0.504 e. The van der Waals surface area contributed by atoms with Crippen LogP contribution in [0.15, 0.2) is 33.5 Å². The largest absolute Gasteiger partial charge is 0.504 e. The average Bonchev–Trinajstić information content (AvgIpc) is 2.54. The Balaban J connectivity index is 2.59. The van der Waals surface area contributed by atoms with E-state index in [0.29, 0.717) is 27.7 Å². The molecule has 1 heterocycles. The lowest BCUT2D eigenvalue weighted by Crippen LogP contribution is -2.03. The van der Waals surface area contributed by atoms with E-state index in [1.54, 1.807) is 18.2 Å². The molecule has 0 aliphatic carbocycles. The van der Waals surface area contributed by atoms with Crippen molar-refractivity contribution in [1.82, 2.24) is 0 Å². The predicted molar refractivity (Wildman–Crippen MR) is 81.3 cm³/mol. The summed E-state index contributed by atoms with van der Waals surface area (Å²) < 4.78 is 21.0. The van der Waals surface area contributed by atoms with E-state index < -0.39 is 5.63 Å². The summed E-state index contributed by atoms with van der Waals surface area (Å²) >= 11 is 0. The molecule has 2 aromatic carbocycles. The lowest BCUT2D eigenvalue weighted by atomic mass is 10.1. The molecule has 0 saturated carbocycles. The van der Waals surface area contributed by atoms with E-state index in [9.17, 15) is 9.90 Å². The van der Waals surface area contributed by atoms with Crippen LogP contribution in [0.1, 0.15) is 0 Å². The highest BCUT2D eigenvalue weighted by Gasteiger charge is 2.18. The van der Waals surface area contributed by atoms with Crippen LogP contribution in [0.4, 0.5) is 0 Å². The second kappa shape index (κ2) is 5.14. The van der Waals surface area contributed by atoms with Gasteiger partial charge < -0.3 is 23.7 Å². The first-order valence-corrected chi connectivity index (χ1v) is 6.49. The van der Waals surface area contributed by atoms with E-state index in [1.165, 1.54) is 27.4 Å². The third-order valence-corrected chi connectivity index (χ3v) is 3.51. The fourth-order valence-electron chi connectivity index (χ4n) is 2.50. The molecule has 0 atom stereocenters. The summed E-state index contributed by atoms with van der Waals surface area (Å²) in [6.45, 7) is 0. The monoisotopic (exact) mass is 302 g/mol. The van der Waals surface area contributed by atoms with Gasteiger partial charge in [0.2, 0.25) is 5.75 Å². The highest BCUT2D eigenvalue weighted by atomic mass is 16.5. The first-order valence-electron chi connectivity index (χ1n) is 6.49. The van der Waals surface area contributed by atoms with Gasteiger partial charge in [0.05, 0.1) is 26.7 Å². The van der Waals surface area contributed by atoms with Crippen LogP contribution < -0.4 is 19.8 Å². The SMILES string of the molecule is COc1cc(OC)c2c(c1)c(=O)oc1c(OC)c(O)ccc12. The number of hydrogen-bond donors (Lipinski definition) is 1. The van der Waals surface area contributed by atoms with Gasteiger partial charge in [-0.25, -0.2) is 4.79 Å². The fraction of sp³-hybridized carbons (Fsp3) is 0.188. The van der Waals surface area contributed by atoms with Gasteiger partial charge in [-0.05, 0) is 18.2 Å². The summed E-state index contributed by atoms with van der Waals surface area (Å²) in [4.78, 5) is 12.3. The Morgan fingerprint density at radius 1 is 1.00 bits per heavy atom. The van der Waals surface area contributed by atoms with E-state index >= 15 is 0 Å². The summed E-state index contributed by atoms with van der Waals surface area (Å²) in [6.07, 6.45) is 0. The third-order valence-electron chi connectivity index (χ3n) is 3.51. The molecule has 0 spiro atoms. The van der Waals surface area contributed by atoms with Crippen LogP contribution in [0.3, 0.4) is 0 Å². The summed E-state index contributed by atoms with van der Waals surface area (Å²) in [5, 5.41) is 11.3. The van der Waals surface area contributed by atoms with Crippen molar-refractivity contribution in [2.45, 2.75) is 0 Å². The number of phenolic OH excluding ortho intramolecular Hbond substituents is 1. The number of hydrogen-bond acceptors (Lipinski definition) is 6. The van der Waals surface area contributed by atoms with Crippen LogP contribution in [0, 0.1) is 0 Å². The van der Waals surface area contributed by atoms with Crippen molar-refractivity contribution in [3.8, 4) is 23.0 Å². The van der Waals surface area contributed by atoms with Crippen LogP contribution in [-0.4, -0.2) is 26.4 Å². The van der Waals surface area contributed by atoms with Gasteiger partial charge in [0.1, 0.15) is 11.5 Å². The van der Waals surface area contributed by atoms with Crippen LogP contribution in [0.2, 0.25) is 0 Å². The summed E-state index contributed by atoms with van der Waals surface area (Å²) in [5.74, 6) is 0.959. The fourth-order valence-corrected chi connectivity index (χ4v) is 2.50. The summed E-state index contributed by atoms with van der Waals surface area (Å²) in [5.41, 5.74) is -0.396. The number of methoxy groups -OCH3 is 3. The Bertz CT molecular complexity index is 925. The van der Waals surface area contributed by atoms with Gasteiger partial charge in [0, 0.05) is 16.8 Å². The maximum atomic E-state index is 12.3. The highest BCUT2D eigenvalue weighted by Crippen LogP contribution is 2.40. The zero-order chi connectivity index (χ0) is 15.9. The number of fused-ring (bicyclic) bond motifs is 3. The Labute approximate surface area is 125 Å². The Hall–Kier alpha value is -2.89. The molecule has 0 unspecified atom stereocenters. The van der Waals surface area contributed by atoms with Crippen molar-refractivity contribution in [2.24, 2.45) is 0 Å². The standard InChI is InChI=1S/C16H14O6/c1-19-8-6-10-13(12(7-8)20-2)9-4-5-11(17)15(21-3)14(9)22-16(10)18/h4-7,17H,1-3H3. The van der Waals surface area contributed by atoms with Crippen molar-refractivity contribution in [1.29, 1.82) is 0 Å². The van der Waals surface area contributed by atoms with Gasteiger partial charge in [0.15, 0.2) is 11.3 Å². The second-order valence-corrected chi connectivity index (χ2v) is 4.64. The molecule has 6 heteroatoms. The molecule has 22 heavy (non-hydrogen) atoms. The molecular weight excluding hydrogens is 288 g/mol. The van der Waals surface area contributed by atoms with E-state index in [-0.39, 0.29) is 17.1 Å². The second-order valence-electron chi connectivity index (χ2n) is 4.64. The van der Waals surface area contributed by atoms with Crippen LogP contribution in [0.25, 0.3) is 21.7 Å². The van der Waals surface area contributed by atoms with Gasteiger partial charge in [-0.3, -0.25) is 0 Å². The lowest BCUT2D eigenvalue weighted by Gasteiger charge is -2.12. The molecule has 1 aromatic heterocycles. The molecule has 0 aliphatic heterocycles. The molecule has 0 amide bonds. The Morgan fingerprint density at radius 3 is 2.41 bits per heavy atom. The summed E-state index contributed by atoms with van der Waals surface area (Å²) in [7, 11) is 4.40. The topological polar surface area (TPSA) is 78.1 Å². The van der Waals surface area contributed by atoms with E-state index in [1.807, 2.05) is 0 Å².